The number of ether oxygens (including phenoxy) is 1. The summed E-state index contributed by atoms with van der Waals surface area (Å²) < 4.78 is 7.88. The number of aryl methyl sites for hydroxylation is 2. The molecule has 0 atom stereocenters. The van der Waals surface area contributed by atoms with Gasteiger partial charge in [0.2, 0.25) is 0 Å². The summed E-state index contributed by atoms with van der Waals surface area (Å²) in [5, 5.41) is 13.3. The summed E-state index contributed by atoms with van der Waals surface area (Å²) in [6.45, 7) is 2.49. The van der Waals surface area contributed by atoms with Gasteiger partial charge in [0.05, 0.1) is 0 Å². The lowest BCUT2D eigenvalue weighted by molar-refractivity contribution is -0.123. The van der Waals surface area contributed by atoms with Crippen LogP contribution in [0.5, 0.6) is 5.75 Å². The minimum absolute atomic E-state index is 0.00263. The van der Waals surface area contributed by atoms with E-state index in [0.29, 0.717) is 23.4 Å². The van der Waals surface area contributed by atoms with Crippen LogP contribution in [0.4, 0.5) is 0 Å². The van der Waals surface area contributed by atoms with Gasteiger partial charge in [0.15, 0.2) is 11.8 Å². The zero-order valence-electron chi connectivity index (χ0n) is 16.4. The smallest absolute Gasteiger partial charge is 0.257 e. The molecule has 1 saturated carbocycles. The van der Waals surface area contributed by atoms with Gasteiger partial charge in [0, 0.05) is 24.0 Å². The molecule has 28 heavy (non-hydrogen) atoms. The van der Waals surface area contributed by atoms with Crippen molar-refractivity contribution in [1.29, 1.82) is 0 Å². The molecular weight excluding hydrogens is 396 g/mol. The van der Waals surface area contributed by atoms with Crippen molar-refractivity contribution in [2.45, 2.75) is 56.6 Å². The Kier molecular flexibility index (Phi) is 7.62. The minimum atomic E-state index is -0.128. The fourth-order valence-corrected chi connectivity index (χ4v) is 4.39. The first-order valence-corrected chi connectivity index (χ1v) is 11.3. The second kappa shape index (κ2) is 10.2. The zero-order chi connectivity index (χ0) is 19.9. The molecule has 0 radical (unpaired) electrons. The SMILES string of the molecule is CSc1nnc(CCCNC(=O)COc2ccc(Cl)cc2C)n1C1CCCC1. The molecule has 6 nitrogen and oxygen atoms in total. The van der Waals surface area contributed by atoms with Crippen LogP contribution < -0.4 is 10.1 Å². The molecule has 3 rings (SSSR count). The maximum absolute atomic E-state index is 12.0. The predicted molar refractivity (Wildman–Crippen MR) is 112 cm³/mol. The molecule has 1 heterocycles. The highest BCUT2D eigenvalue weighted by Gasteiger charge is 2.23. The fraction of sp³-hybridized carbons (Fsp3) is 0.550. The van der Waals surface area contributed by atoms with Crippen molar-refractivity contribution in [2.24, 2.45) is 0 Å². The Morgan fingerprint density at radius 3 is 2.86 bits per heavy atom. The molecule has 0 bridgehead atoms. The molecule has 1 fully saturated rings. The summed E-state index contributed by atoms with van der Waals surface area (Å²) in [7, 11) is 0. The molecule has 1 aromatic heterocycles. The summed E-state index contributed by atoms with van der Waals surface area (Å²) in [5.74, 6) is 1.57. The number of hydrogen-bond acceptors (Lipinski definition) is 5. The van der Waals surface area contributed by atoms with Gasteiger partial charge < -0.3 is 14.6 Å². The molecule has 1 aliphatic rings. The molecule has 1 aliphatic carbocycles. The number of benzene rings is 1. The number of carbonyl (C=O) groups is 1. The quantitative estimate of drug-likeness (QED) is 0.484. The lowest BCUT2D eigenvalue weighted by Crippen LogP contribution is -2.30. The van der Waals surface area contributed by atoms with E-state index in [1.165, 1.54) is 25.7 Å². The Bertz CT molecular complexity index is 805. The fourth-order valence-electron chi connectivity index (χ4n) is 3.59. The summed E-state index contributed by atoms with van der Waals surface area (Å²) in [6.07, 6.45) is 8.64. The standard InChI is InChI=1S/C20H27ClN4O2S/c1-14-12-15(21)9-10-17(14)27-13-19(26)22-11-5-8-18-23-24-20(28-2)25(18)16-6-3-4-7-16/h9-10,12,16H,3-8,11,13H2,1-2H3,(H,22,26). The lowest BCUT2D eigenvalue weighted by atomic mass is 10.2. The highest BCUT2D eigenvalue weighted by molar-refractivity contribution is 7.98. The van der Waals surface area contributed by atoms with Crippen LogP contribution in [0.3, 0.4) is 0 Å². The molecular formula is C20H27ClN4O2S. The van der Waals surface area contributed by atoms with E-state index in [-0.39, 0.29) is 12.5 Å². The highest BCUT2D eigenvalue weighted by Crippen LogP contribution is 2.33. The molecule has 152 valence electrons. The van der Waals surface area contributed by atoms with Gasteiger partial charge in [-0.2, -0.15) is 0 Å². The molecule has 0 saturated heterocycles. The lowest BCUT2D eigenvalue weighted by Gasteiger charge is -2.16. The van der Waals surface area contributed by atoms with Crippen molar-refractivity contribution in [1.82, 2.24) is 20.1 Å². The average molecular weight is 423 g/mol. The van der Waals surface area contributed by atoms with Crippen LogP contribution in [0.15, 0.2) is 23.4 Å². The first-order chi connectivity index (χ1) is 13.6. The monoisotopic (exact) mass is 422 g/mol. The third-order valence-electron chi connectivity index (χ3n) is 5.00. The van der Waals surface area contributed by atoms with E-state index in [4.69, 9.17) is 16.3 Å². The largest absolute Gasteiger partial charge is 0.484 e. The highest BCUT2D eigenvalue weighted by atomic mass is 35.5. The van der Waals surface area contributed by atoms with Gasteiger partial charge in [-0.15, -0.1) is 10.2 Å². The van der Waals surface area contributed by atoms with Crippen molar-refractivity contribution >= 4 is 29.3 Å². The number of amides is 1. The maximum atomic E-state index is 12.0. The molecule has 1 N–H and O–H groups in total. The van der Waals surface area contributed by atoms with Gasteiger partial charge in [-0.1, -0.05) is 36.2 Å². The summed E-state index contributed by atoms with van der Waals surface area (Å²) >= 11 is 7.58. The van der Waals surface area contributed by atoms with E-state index in [2.05, 4.69) is 20.1 Å². The van der Waals surface area contributed by atoms with Crippen molar-refractivity contribution in [3.8, 4) is 5.75 Å². The molecule has 8 heteroatoms. The number of halogens is 1. The van der Waals surface area contributed by atoms with Crippen LogP contribution in [-0.2, 0) is 11.2 Å². The summed E-state index contributed by atoms with van der Waals surface area (Å²) in [5.41, 5.74) is 0.913. The van der Waals surface area contributed by atoms with Crippen molar-refractivity contribution < 1.29 is 9.53 Å². The number of thioether (sulfide) groups is 1. The molecule has 1 aromatic carbocycles. The van der Waals surface area contributed by atoms with Crippen LogP contribution in [0, 0.1) is 6.92 Å². The van der Waals surface area contributed by atoms with E-state index in [1.807, 2.05) is 19.2 Å². The Balaban J connectivity index is 1.43. The number of nitrogens with zero attached hydrogens (tertiary/aromatic N) is 3. The second-order valence-electron chi connectivity index (χ2n) is 7.06. The molecule has 0 aliphatic heterocycles. The Labute approximate surface area is 175 Å². The topological polar surface area (TPSA) is 69.0 Å². The van der Waals surface area contributed by atoms with E-state index < -0.39 is 0 Å². The van der Waals surface area contributed by atoms with Gasteiger partial charge in [-0.05, 0) is 56.2 Å². The van der Waals surface area contributed by atoms with E-state index >= 15 is 0 Å². The van der Waals surface area contributed by atoms with Gasteiger partial charge in [-0.25, -0.2) is 0 Å². The molecule has 1 amide bonds. The zero-order valence-corrected chi connectivity index (χ0v) is 18.0. The first kappa shape index (κ1) is 21.0. The van der Waals surface area contributed by atoms with E-state index in [9.17, 15) is 4.79 Å². The number of hydrogen-bond donors (Lipinski definition) is 1. The predicted octanol–water partition coefficient (Wildman–Crippen LogP) is 4.20. The van der Waals surface area contributed by atoms with Crippen molar-refractivity contribution in [3.63, 3.8) is 0 Å². The molecule has 0 unspecified atom stereocenters. The third-order valence-corrected chi connectivity index (χ3v) is 5.88. The normalized spacial score (nSPS) is 14.4. The Morgan fingerprint density at radius 1 is 1.36 bits per heavy atom. The van der Waals surface area contributed by atoms with Crippen molar-refractivity contribution in [3.05, 3.63) is 34.6 Å². The average Bonchev–Trinajstić information content (AvgIpc) is 3.33. The number of aromatic nitrogens is 3. The van der Waals surface area contributed by atoms with Crippen molar-refractivity contribution in [2.75, 3.05) is 19.4 Å². The summed E-state index contributed by atoms with van der Waals surface area (Å²) in [4.78, 5) is 12.0. The van der Waals surface area contributed by atoms with Crippen LogP contribution in [0.25, 0.3) is 0 Å². The van der Waals surface area contributed by atoms with Gasteiger partial charge in [0.1, 0.15) is 11.6 Å². The summed E-state index contributed by atoms with van der Waals surface area (Å²) in [6, 6.07) is 5.88. The first-order valence-electron chi connectivity index (χ1n) is 9.72. The number of carbonyl (C=O) groups excluding carboxylic acids is 1. The molecule has 0 spiro atoms. The maximum Gasteiger partial charge on any atom is 0.257 e. The van der Waals surface area contributed by atoms with E-state index in [0.717, 1.165) is 29.4 Å². The third kappa shape index (κ3) is 5.41. The van der Waals surface area contributed by atoms with Crippen LogP contribution in [0.1, 0.15) is 49.5 Å². The van der Waals surface area contributed by atoms with Gasteiger partial charge >= 0.3 is 0 Å². The van der Waals surface area contributed by atoms with Gasteiger partial charge in [0.25, 0.3) is 5.91 Å². The van der Waals surface area contributed by atoms with E-state index in [1.54, 1.807) is 23.9 Å². The number of nitrogens with one attached hydrogen (secondary N) is 1. The minimum Gasteiger partial charge on any atom is -0.484 e. The van der Waals surface area contributed by atoms with Gasteiger partial charge in [-0.3, -0.25) is 4.79 Å². The number of rotatable bonds is 9. The Morgan fingerprint density at radius 2 is 2.14 bits per heavy atom. The van der Waals surface area contributed by atoms with Crippen LogP contribution in [0.2, 0.25) is 5.02 Å². The Hall–Kier alpha value is -1.73. The van der Waals surface area contributed by atoms with Crippen LogP contribution in [-0.4, -0.2) is 40.1 Å². The molecule has 2 aromatic rings. The van der Waals surface area contributed by atoms with Crippen LogP contribution >= 0.6 is 23.4 Å². The second-order valence-corrected chi connectivity index (χ2v) is 8.27.